The first-order valence-corrected chi connectivity index (χ1v) is 8.86. The molecule has 0 radical (unpaired) electrons. The van der Waals surface area contributed by atoms with Crippen LogP contribution in [0, 0.1) is 0 Å². The molecular formula is C18H26N4O2. The van der Waals surface area contributed by atoms with E-state index in [1.807, 2.05) is 9.80 Å². The molecular weight excluding hydrogens is 304 g/mol. The van der Waals surface area contributed by atoms with E-state index < -0.39 is 0 Å². The minimum absolute atomic E-state index is 0.0266. The Labute approximate surface area is 143 Å². The van der Waals surface area contributed by atoms with E-state index in [1.54, 1.807) is 24.5 Å². The van der Waals surface area contributed by atoms with Crippen LogP contribution >= 0.6 is 0 Å². The minimum atomic E-state index is 0.0266. The van der Waals surface area contributed by atoms with Gasteiger partial charge in [-0.25, -0.2) is 0 Å². The van der Waals surface area contributed by atoms with Gasteiger partial charge in [-0.2, -0.15) is 0 Å². The number of pyridine rings is 1. The maximum Gasteiger partial charge on any atom is 0.255 e. The van der Waals surface area contributed by atoms with E-state index in [2.05, 4.69) is 16.8 Å². The summed E-state index contributed by atoms with van der Waals surface area (Å²) in [6.07, 6.45) is 6.72. The second-order valence-electron chi connectivity index (χ2n) is 6.74. The number of rotatable bonds is 3. The molecule has 24 heavy (non-hydrogen) atoms. The molecule has 1 unspecified atom stereocenters. The molecule has 1 aromatic rings. The van der Waals surface area contributed by atoms with Gasteiger partial charge in [-0.3, -0.25) is 19.5 Å². The molecule has 1 atom stereocenters. The van der Waals surface area contributed by atoms with Crippen molar-refractivity contribution in [2.45, 2.75) is 32.2 Å². The average molecular weight is 330 g/mol. The standard InChI is InChI=1S/C18H26N4O2/c1-15-5-2-3-8-22(15)17(23)14-20-9-11-21(12-10-20)18(24)16-6-4-7-19-13-16/h4,6-7,13,15H,2-3,5,8-12,14H2,1H3. The number of aromatic nitrogens is 1. The Bertz CT molecular complexity index is 570. The molecule has 6 nitrogen and oxygen atoms in total. The zero-order valence-electron chi connectivity index (χ0n) is 14.4. The smallest absolute Gasteiger partial charge is 0.255 e. The Hall–Kier alpha value is -1.95. The number of amides is 2. The summed E-state index contributed by atoms with van der Waals surface area (Å²) >= 11 is 0. The van der Waals surface area contributed by atoms with Gasteiger partial charge in [0, 0.05) is 51.2 Å². The van der Waals surface area contributed by atoms with E-state index in [4.69, 9.17) is 0 Å². The van der Waals surface area contributed by atoms with Crippen molar-refractivity contribution in [3.63, 3.8) is 0 Å². The van der Waals surface area contributed by atoms with Crippen LogP contribution in [0.5, 0.6) is 0 Å². The lowest BCUT2D eigenvalue weighted by Gasteiger charge is -2.38. The van der Waals surface area contributed by atoms with E-state index in [0.29, 0.717) is 31.2 Å². The molecule has 0 saturated carbocycles. The van der Waals surface area contributed by atoms with Crippen molar-refractivity contribution in [2.75, 3.05) is 39.3 Å². The summed E-state index contributed by atoms with van der Waals surface area (Å²) in [5.74, 6) is 0.257. The highest BCUT2D eigenvalue weighted by atomic mass is 16.2. The topological polar surface area (TPSA) is 56.8 Å². The number of piperazine rings is 1. The minimum Gasteiger partial charge on any atom is -0.339 e. The van der Waals surface area contributed by atoms with Crippen LogP contribution in [0.25, 0.3) is 0 Å². The highest BCUT2D eigenvalue weighted by molar-refractivity contribution is 5.94. The molecule has 2 amide bonds. The van der Waals surface area contributed by atoms with Crippen molar-refractivity contribution in [3.05, 3.63) is 30.1 Å². The maximum atomic E-state index is 12.5. The van der Waals surface area contributed by atoms with E-state index in [0.717, 1.165) is 32.5 Å². The molecule has 2 aliphatic rings. The molecule has 2 aliphatic heterocycles. The highest BCUT2D eigenvalue weighted by Crippen LogP contribution is 2.17. The zero-order chi connectivity index (χ0) is 16.9. The van der Waals surface area contributed by atoms with Crippen LogP contribution in [0.15, 0.2) is 24.5 Å². The van der Waals surface area contributed by atoms with Gasteiger partial charge in [0.15, 0.2) is 0 Å². The van der Waals surface area contributed by atoms with E-state index in [1.165, 1.54) is 6.42 Å². The third-order valence-corrected chi connectivity index (χ3v) is 5.05. The van der Waals surface area contributed by atoms with E-state index in [-0.39, 0.29) is 11.8 Å². The van der Waals surface area contributed by atoms with Crippen LogP contribution in [-0.4, -0.2) is 76.8 Å². The fraction of sp³-hybridized carbons (Fsp3) is 0.611. The molecule has 0 spiro atoms. The molecule has 2 saturated heterocycles. The second kappa shape index (κ2) is 7.75. The molecule has 3 heterocycles. The van der Waals surface area contributed by atoms with Crippen molar-refractivity contribution in [3.8, 4) is 0 Å². The molecule has 3 rings (SSSR count). The maximum absolute atomic E-state index is 12.5. The molecule has 2 fully saturated rings. The summed E-state index contributed by atoms with van der Waals surface area (Å²) in [7, 11) is 0. The number of hydrogen-bond acceptors (Lipinski definition) is 4. The molecule has 130 valence electrons. The predicted molar refractivity (Wildman–Crippen MR) is 91.6 cm³/mol. The lowest BCUT2D eigenvalue weighted by Crippen LogP contribution is -2.53. The number of carbonyl (C=O) groups excluding carboxylic acids is 2. The normalized spacial score (nSPS) is 22.5. The molecule has 0 aliphatic carbocycles. The summed E-state index contributed by atoms with van der Waals surface area (Å²) in [4.78, 5) is 35.0. The molecule has 1 aromatic heterocycles. The van der Waals surface area contributed by atoms with Crippen molar-refractivity contribution in [2.24, 2.45) is 0 Å². The summed E-state index contributed by atoms with van der Waals surface area (Å²) in [5, 5.41) is 0. The fourth-order valence-corrected chi connectivity index (χ4v) is 3.53. The van der Waals surface area contributed by atoms with Crippen LogP contribution in [0.1, 0.15) is 36.5 Å². The Morgan fingerprint density at radius 1 is 1.17 bits per heavy atom. The van der Waals surface area contributed by atoms with Crippen LogP contribution in [0.4, 0.5) is 0 Å². The highest BCUT2D eigenvalue weighted by Gasteiger charge is 2.27. The monoisotopic (exact) mass is 330 g/mol. The molecule has 0 bridgehead atoms. The third-order valence-electron chi connectivity index (χ3n) is 5.05. The van der Waals surface area contributed by atoms with Gasteiger partial charge in [-0.05, 0) is 38.3 Å². The molecule has 0 N–H and O–H groups in total. The van der Waals surface area contributed by atoms with Crippen molar-refractivity contribution in [1.29, 1.82) is 0 Å². The number of nitrogens with zero attached hydrogens (tertiary/aromatic N) is 4. The van der Waals surface area contributed by atoms with Crippen molar-refractivity contribution >= 4 is 11.8 Å². The van der Waals surface area contributed by atoms with Crippen LogP contribution in [-0.2, 0) is 4.79 Å². The summed E-state index contributed by atoms with van der Waals surface area (Å²) in [6.45, 7) is 6.33. The number of piperidine rings is 1. The van der Waals surface area contributed by atoms with Gasteiger partial charge in [-0.1, -0.05) is 0 Å². The number of carbonyl (C=O) groups is 2. The van der Waals surface area contributed by atoms with Gasteiger partial charge >= 0.3 is 0 Å². The molecule has 6 heteroatoms. The number of likely N-dealkylation sites (tertiary alicyclic amines) is 1. The Kier molecular flexibility index (Phi) is 5.45. The van der Waals surface area contributed by atoms with E-state index >= 15 is 0 Å². The molecule has 0 aromatic carbocycles. The largest absolute Gasteiger partial charge is 0.339 e. The SMILES string of the molecule is CC1CCCCN1C(=O)CN1CCN(C(=O)c2cccnc2)CC1. The first-order chi connectivity index (χ1) is 11.6. The van der Waals surface area contributed by atoms with Gasteiger partial charge in [0.2, 0.25) is 5.91 Å². The van der Waals surface area contributed by atoms with Gasteiger partial charge in [0.25, 0.3) is 5.91 Å². The van der Waals surface area contributed by atoms with Gasteiger partial charge in [-0.15, -0.1) is 0 Å². The second-order valence-corrected chi connectivity index (χ2v) is 6.74. The van der Waals surface area contributed by atoms with E-state index in [9.17, 15) is 9.59 Å². The quantitative estimate of drug-likeness (QED) is 0.837. The Morgan fingerprint density at radius 2 is 1.96 bits per heavy atom. The first-order valence-electron chi connectivity index (χ1n) is 8.86. The van der Waals surface area contributed by atoms with Crippen LogP contribution in [0.2, 0.25) is 0 Å². The lowest BCUT2D eigenvalue weighted by atomic mass is 10.0. The zero-order valence-corrected chi connectivity index (χ0v) is 14.4. The average Bonchev–Trinajstić information content (AvgIpc) is 2.63. The van der Waals surface area contributed by atoms with Crippen LogP contribution in [0.3, 0.4) is 0 Å². The summed E-state index contributed by atoms with van der Waals surface area (Å²) < 4.78 is 0. The summed E-state index contributed by atoms with van der Waals surface area (Å²) in [6, 6.07) is 3.94. The van der Waals surface area contributed by atoms with Gasteiger partial charge in [0.1, 0.15) is 0 Å². The van der Waals surface area contributed by atoms with Crippen LogP contribution < -0.4 is 0 Å². The fourth-order valence-electron chi connectivity index (χ4n) is 3.53. The Morgan fingerprint density at radius 3 is 2.62 bits per heavy atom. The first kappa shape index (κ1) is 16.9. The summed E-state index contributed by atoms with van der Waals surface area (Å²) in [5.41, 5.74) is 0.629. The number of hydrogen-bond donors (Lipinski definition) is 0. The predicted octanol–water partition coefficient (Wildman–Crippen LogP) is 1.24. The van der Waals surface area contributed by atoms with Gasteiger partial charge < -0.3 is 9.80 Å². The third kappa shape index (κ3) is 3.93. The van der Waals surface area contributed by atoms with Gasteiger partial charge in [0.05, 0.1) is 12.1 Å². The van der Waals surface area contributed by atoms with Crippen molar-refractivity contribution < 1.29 is 9.59 Å². The Balaban J connectivity index is 1.48. The van der Waals surface area contributed by atoms with Crippen molar-refractivity contribution in [1.82, 2.24) is 19.7 Å². The lowest BCUT2D eigenvalue weighted by molar-refractivity contribution is -0.136.